The Morgan fingerprint density at radius 2 is 2.26 bits per heavy atom. The molecule has 0 bridgehead atoms. The van der Waals surface area contributed by atoms with Crippen LogP contribution in [0.3, 0.4) is 0 Å². The number of nitrogens with one attached hydrogen (secondary N) is 1. The van der Waals surface area contributed by atoms with Crippen LogP contribution in [0.25, 0.3) is 22.1 Å². The summed E-state index contributed by atoms with van der Waals surface area (Å²) in [5.41, 5.74) is 8.09. The fraction of sp³-hybridized carbons (Fsp3) is 0.375. The van der Waals surface area contributed by atoms with E-state index in [1.807, 2.05) is 25.2 Å². The zero-order chi connectivity index (χ0) is 16.0. The van der Waals surface area contributed by atoms with Gasteiger partial charge in [0.25, 0.3) is 0 Å². The van der Waals surface area contributed by atoms with Gasteiger partial charge in [-0.3, -0.25) is 0 Å². The van der Waals surface area contributed by atoms with Gasteiger partial charge in [0.1, 0.15) is 16.8 Å². The third-order valence-corrected chi connectivity index (χ3v) is 4.42. The molecule has 0 saturated carbocycles. The molecule has 3 N–H and O–H groups in total. The summed E-state index contributed by atoms with van der Waals surface area (Å²) in [5, 5.41) is 4.22. The van der Waals surface area contributed by atoms with Gasteiger partial charge in [-0.05, 0) is 25.6 Å². The van der Waals surface area contributed by atoms with Crippen LogP contribution in [-0.2, 0) is 0 Å². The van der Waals surface area contributed by atoms with Crippen LogP contribution in [0.1, 0.15) is 6.42 Å². The zero-order valence-electron chi connectivity index (χ0n) is 13.2. The highest BCUT2D eigenvalue weighted by Crippen LogP contribution is 2.35. The third-order valence-electron chi connectivity index (χ3n) is 4.42. The second-order valence-electron chi connectivity index (χ2n) is 5.77. The van der Waals surface area contributed by atoms with Crippen LogP contribution in [0, 0.1) is 0 Å². The summed E-state index contributed by atoms with van der Waals surface area (Å²) < 4.78 is 11.3. The Labute approximate surface area is 133 Å². The van der Waals surface area contributed by atoms with E-state index in [-0.39, 0.29) is 5.95 Å². The maximum absolute atomic E-state index is 6.04. The zero-order valence-corrected chi connectivity index (χ0v) is 13.2. The quantitative estimate of drug-likeness (QED) is 0.761. The average molecular weight is 313 g/mol. The first kappa shape index (κ1) is 14.1. The molecular formula is C16H19N5O2. The number of fused-ring (bicyclic) bond motifs is 3. The molecule has 2 aromatic heterocycles. The molecule has 1 aromatic carbocycles. The minimum absolute atomic E-state index is 0.263. The van der Waals surface area contributed by atoms with E-state index in [2.05, 4.69) is 20.2 Å². The summed E-state index contributed by atoms with van der Waals surface area (Å²) in [4.78, 5) is 11.0. The minimum atomic E-state index is 0.263. The van der Waals surface area contributed by atoms with Crippen LogP contribution in [0.15, 0.2) is 22.6 Å². The molecule has 1 aliphatic heterocycles. The van der Waals surface area contributed by atoms with Gasteiger partial charge in [0, 0.05) is 30.6 Å². The maximum Gasteiger partial charge on any atom is 0.222 e. The topological polar surface area (TPSA) is 89.4 Å². The highest BCUT2D eigenvalue weighted by atomic mass is 16.5. The van der Waals surface area contributed by atoms with E-state index in [0.29, 0.717) is 11.6 Å². The molecule has 3 heterocycles. The molecule has 0 unspecified atom stereocenters. The number of rotatable bonds is 3. The average Bonchev–Trinajstić information content (AvgIpc) is 3.17. The van der Waals surface area contributed by atoms with Gasteiger partial charge in [-0.1, -0.05) is 0 Å². The van der Waals surface area contributed by atoms with Gasteiger partial charge in [-0.2, -0.15) is 4.98 Å². The second-order valence-corrected chi connectivity index (χ2v) is 5.77. The molecule has 23 heavy (non-hydrogen) atoms. The first-order valence-corrected chi connectivity index (χ1v) is 7.65. The largest absolute Gasteiger partial charge is 0.497 e. The first-order valence-electron chi connectivity index (χ1n) is 7.65. The normalized spacial score (nSPS) is 18.2. The first-order chi connectivity index (χ1) is 11.2. The summed E-state index contributed by atoms with van der Waals surface area (Å²) >= 11 is 0. The van der Waals surface area contributed by atoms with Crippen molar-refractivity contribution in [2.75, 3.05) is 37.9 Å². The number of likely N-dealkylation sites (N-methyl/N-ethyl adjacent to an activating group) is 1. The van der Waals surface area contributed by atoms with Gasteiger partial charge in [0.15, 0.2) is 11.4 Å². The second kappa shape index (κ2) is 5.27. The van der Waals surface area contributed by atoms with E-state index < -0.39 is 0 Å². The summed E-state index contributed by atoms with van der Waals surface area (Å²) in [6, 6.07) is 6.14. The smallest absolute Gasteiger partial charge is 0.222 e. The molecule has 7 heteroatoms. The van der Waals surface area contributed by atoms with Crippen molar-refractivity contribution in [1.82, 2.24) is 15.3 Å². The lowest BCUT2D eigenvalue weighted by Gasteiger charge is -2.17. The SMILES string of the molecule is CN[C@@H]1CCN(c2nc(N)nc3c2oc2cc(OC)ccc23)C1. The number of anilines is 2. The lowest BCUT2D eigenvalue weighted by molar-refractivity contribution is 0.414. The molecule has 1 fully saturated rings. The van der Waals surface area contributed by atoms with Gasteiger partial charge in [0.05, 0.1) is 7.11 Å². The number of furan rings is 1. The number of nitrogen functional groups attached to an aromatic ring is 1. The summed E-state index contributed by atoms with van der Waals surface area (Å²) in [5.74, 6) is 1.77. The van der Waals surface area contributed by atoms with E-state index in [0.717, 1.165) is 47.6 Å². The molecule has 0 spiro atoms. The van der Waals surface area contributed by atoms with Crippen LogP contribution in [0.4, 0.5) is 11.8 Å². The minimum Gasteiger partial charge on any atom is -0.497 e. The fourth-order valence-corrected chi connectivity index (χ4v) is 3.15. The van der Waals surface area contributed by atoms with Crippen molar-refractivity contribution in [3.05, 3.63) is 18.2 Å². The molecule has 120 valence electrons. The summed E-state index contributed by atoms with van der Waals surface area (Å²) in [6.45, 7) is 1.79. The van der Waals surface area contributed by atoms with Crippen molar-refractivity contribution >= 4 is 33.8 Å². The number of nitrogens with zero attached hydrogens (tertiary/aromatic N) is 3. The Hall–Kier alpha value is -2.54. The Morgan fingerprint density at radius 1 is 1.39 bits per heavy atom. The van der Waals surface area contributed by atoms with Gasteiger partial charge in [-0.15, -0.1) is 0 Å². The monoisotopic (exact) mass is 313 g/mol. The molecule has 1 atom stereocenters. The fourth-order valence-electron chi connectivity index (χ4n) is 3.15. The molecule has 0 radical (unpaired) electrons. The van der Waals surface area contributed by atoms with Crippen LogP contribution in [0.2, 0.25) is 0 Å². The summed E-state index contributed by atoms with van der Waals surface area (Å²) in [7, 11) is 3.61. The lowest BCUT2D eigenvalue weighted by atomic mass is 10.2. The van der Waals surface area contributed by atoms with Crippen LogP contribution >= 0.6 is 0 Å². The predicted molar refractivity (Wildman–Crippen MR) is 90.0 cm³/mol. The molecule has 0 amide bonds. The number of ether oxygens (including phenoxy) is 1. The van der Waals surface area contributed by atoms with Gasteiger partial charge in [-0.25, -0.2) is 4.98 Å². The molecule has 0 aliphatic carbocycles. The molecular weight excluding hydrogens is 294 g/mol. The molecule has 1 saturated heterocycles. The standard InChI is InChI=1S/C16H19N5O2/c1-18-9-5-6-21(8-9)15-14-13(19-16(17)20-15)11-4-3-10(22-2)7-12(11)23-14/h3-4,7,9,18H,5-6,8H2,1-2H3,(H2,17,19,20)/t9-/m1/s1. The third kappa shape index (κ3) is 2.24. The van der Waals surface area contributed by atoms with Crippen molar-refractivity contribution in [3.63, 3.8) is 0 Å². The van der Waals surface area contributed by atoms with Crippen molar-refractivity contribution in [1.29, 1.82) is 0 Å². The van der Waals surface area contributed by atoms with E-state index in [1.54, 1.807) is 7.11 Å². The van der Waals surface area contributed by atoms with Gasteiger partial charge in [0.2, 0.25) is 5.95 Å². The highest BCUT2D eigenvalue weighted by molar-refractivity contribution is 6.06. The Kier molecular flexibility index (Phi) is 3.23. The van der Waals surface area contributed by atoms with E-state index in [4.69, 9.17) is 14.9 Å². The Balaban J connectivity index is 1.90. The predicted octanol–water partition coefficient (Wildman–Crippen LogP) is 1.76. The highest BCUT2D eigenvalue weighted by Gasteiger charge is 2.26. The van der Waals surface area contributed by atoms with Gasteiger partial charge >= 0.3 is 0 Å². The number of hydrogen-bond acceptors (Lipinski definition) is 7. The summed E-state index contributed by atoms with van der Waals surface area (Å²) in [6.07, 6.45) is 1.07. The van der Waals surface area contributed by atoms with Crippen molar-refractivity contribution in [3.8, 4) is 5.75 Å². The number of hydrogen-bond donors (Lipinski definition) is 2. The Bertz CT molecular complexity index is 876. The number of aromatic nitrogens is 2. The van der Waals surface area contributed by atoms with Crippen LogP contribution < -0.4 is 20.7 Å². The van der Waals surface area contributed by atoms with Crippen LogP contribution in [0.5, 0.6) is 5.75 Å². The number of benzene rings is 1. The number of nitrogens with two attached hydrogens (primary N) is 1. The Morgan fingerprint density at radius 3 is 3.00 bits per heavy atom. The maximum atomic E-state index is 6.04. The van der Waals surface area contributed by atoms with E-state index in [1.165, 1.54) is 0 Å². The molecule has 3 aromatic rings. The van der Waals surface area contributed by atoms with E-state index >= 15 is 0 Å². The van der Waals surface area contributed by atoms with Crippen LogP contribution in [-0.4, -0.2) is 43.3 Å². The molecule has 4 rings (SSSR count). The molecule has 1 aliphatic rings. The molecule has 7 nitrogen and oxygen atoms in total. The lowest BCUT2D eigenvalue weighted by Crippen LogP contribution is -2.30. The van der Waals surface area contributed by atoms with E-state index in [9.17, 15) is 0 Å². The van der Waals surface area contributed by atoms with Crippen molar-refractivity contribution in [2.24, 2.45) is 0 Å². The van der Waals surface area contributed by atoms with Crippen molar-refractivity contribution < 1.29 is 9.15 Å². The number of methoxy groups -OCH3 is 1. The van der Waals surface area contributed by atoms with Gasteiger partial charge < -0.3 is 25.1 Å². The van der Waals surface area contributed by atoms with Crippen molar-refractivity contribution in [2.45, 2.75) is 12.5 Å².